The van der Waals surface area contributed by atoms with E-state index in [0.29, 0.717) is 5.02 Å². The standard InChI is InChI=1S/C17H25ClN2O/c18-16-7-2-1-6-15(16)17(21)8-10-19-11-12-20-9-4-3-5-14(20)13-19/h1-2,6-7,14,17,21H,3-5,8-13H2. The van der Waals surface area contributed by atoms with E-state index < -0.39 is 6.10 Å². The summed E-state index contributed by atoms with van der Waals surface area (Å²) in [5.41, 5.74) is 0.857. The van der Waals surface area contributed by atoms with Gasteiger partial charge in [0, 0.05) is 37.2 Å². The topological polar surface area (TPSA) is 26.7 Å². The van der Waals surface area contributed by atoms with Gasteiger partial charge >= 0.3 is 0 Å². The molecule has 2 fully saturated rings. The number of benzene rings is 1. The van der Waals surface area contributed by atoms with Crippen molar-refractivity contribution >= 4 is 11.6 Å². The number of aliphatic hydroxyl groups is 1. The molecule has 1 N–H and O–H groups in total. The first kappa shape index (κ1) is 15.3. The Labute approximate surface area is 132 Å². The number of rotatable bonds is 4. The van der Waals surface area contributed by atoms with Gasteiger partial charge in [0.1, 0.15) is 0 Å². The van der Waals surface area contributed by atoms with Crippen LogP contribution in [0.1, 0.15) is 37.4 Å². The Hall–Kier alpha value is -0.610. The van der Waals surface area contributed by atoms with Crippen molar-refractivity contribution in [2.75, 3.05) is 32.7 Å². The number of hydrogen-bond acceptors (Lipinski definition) is 3. The van der Waals surface area contributed by atoms with Crippen molar-refractivity contribution < 1.29 is 5.11 Å². The summed E-state index contributed by atoms with van der Waals surface area (Å²) >= 11 is 6.15. The largest absolute Gasteiger partial charge is 0.388 e. The molecular formula is C17H25ClN2O. The number of fused-ring (bicyclic) bond motifs is 1. The third kappa shape index (κ3) is 3.78. The summed E-state index contributed by atoms with van der Waals surface area (Å²) in [7, 11) is 0. The van der Waals surface area contributed by atoms with E-state index in [0.717, 1.165) is 37.7 Å². The van der Waals surface area contributed by atoms with E-state index in [1.54, 1.807) is 0 Å². The molecule has 2 aliphatic heterocycles. The highest BCUT2D eigenvalue weighted by Gasteiger charge is 2.28. The van der Waals surface area contributed by atoms with Crippen molar-refractivity contribution in [3.05, 3.63) is 34.9 Å². The summed E-state index contributed by atoms with van der Waals surface area (Å²) in [5.74, 6) is 0. The van der Waals surface area contributed by atoms with Gasteiger partial charge in [0.05, 0.1) is 6.10 Å². The second-order valence-electron chi connectivity index (χ2n) is 6.31. The third-order valence-corrected chi connectivity index (χ3v) is 5.25. The summed E-state index contributed by atoms with van der Waals surface area (Å²) in [6, 6.07) is 8.35. The Bertz CT molecular complexity index is 468. The van der Waals surface area contributed by atoms with Gasteiger partial charge in [-0.2, -0.15) is 0 Å². The Morgan fingerprint density at radius 2 is 2.05 bits per heavy atom. The summed E-state index contributed by atoms with van der Waals surface area (Å²) in [6.45, 7) is 5.71. The van der Waals surface area contributed by atoms with Crippen molar-refractivity contribution in [2.24, 2.45) is 0 Å². The second-order valence-corrected chi connectivity index (χ2v) is 6.72. The highest BCUT2D eigenvalue weighted by Crippen LogP contribution is 2.26. The van der Waals surface area contributed by atoms with Crippen LogP contribution in [0, 0.1) is 0 Å². The lowest BCUT2D eigenvalue weighted by Crippen LogP contribution is -2.54. The molecule has 3 rings (SSSR count). The van der Waals surface area contributed by atoms with E-state index in [4.69, 9.17) is 11.6 Å². The van der Waals surface area contributed by atoms with E-state index >= 15 is 0 Å². The lowest BCUT2D eigenvalue weighted by molar-refractivity contribution is 0.0406. The van der Waals surface area contributed by atoms with Crippen LogP contribution in [0.2, 0.25) is 5.02 Å². The van der Waals surface area contributed by atoms with E-state index in [9.17, 15) is 5.11 Å². The molecule has 2 heterocycles. The number of halogens is 1. The average Bonchev–Trinajstić information content (AvgIpc) is 2.53. The van der Waals surface area contributed by atoms with E-state index in [1.807, 2.05) is 24.3 Å². The SMILES string of the molecule is OC(CCN1CCN2CCCCC2C1)c1ccccc1Cl. The molecule has 2 saturated heterocycles. The van der Waals surface area contributed by atoms with Gasteiger partial charge in [-0.3, -0.25) is 4.90 Å². The van der Waals surface area contributed by atoms with Crippen LogP contribution in [0.4, 0.5) is 0 Å². The predicted molar refractivity (Wildman–Crippen MR) is 86.7 cm³/mol. The van der Waals surface area contributed by atoms with Crippen molar-refractivity contribution in [3.8, 4) is 0 Å². The molecule has 0 spiro atoms. The predicted octanol–water partition coefficient (Wildman–Crippen LogP) is 2.93. The number of aliphatic hydroxyl groups excluding tert-OH is 1. The molecule has 116 valence electrons. The molecule has 1 aromatic carbocycles. The maximum absolute atomic E-state index is 10.3. The first-order chi connectivity index (χ1) is 10.2. The molecule has 2 aliphatic rings. The van der Waals surface area contributed by atoms with Gasteiger partial charge < -0.3 is 10.0 Å². The van der Waals surface area contributed by atoms with E-state index in [2.05, 4.69) is 9.80 Å². The smallest absolute Gasteiger partial charge is 0.0816 e. The molecule has 2 unspecified atom stereocenters. The van der Waals surface area contributed by atoms with E-state index in [-0.39, 0.29) is 0 Å². The van der Waals surface area contributed by atoms with Gasteiger partial charge in [-0.05, 0) is 37.4 Å². The molecule has 0 aliphatic carbocycles. The average molecular weight is 309 g/mol. The Morgan fingerprint density at radius 1 is 1.19 bits per heavy atom. The molecule has 1 aromatic rings. The van der Waals surface area contributed by atoms with Crippen LogP contribution < -0.4 is 0 Å². The highest BCUT2D eigenvalue weighted by atomic mass is 35.5. The number of piperazine rings is 1. The normalized spacial score (nSPS) is 25.5. The molecule has 0 radical (unpaired) electrons. The third-order valence-electron chi connectivity index (χ3n) is 4.90. The molecular weight excluding hydrogens is 284 g/mol. The zero-order valence-corrected chi connectivity index (χ0v) is 13.3. The van der Waals surface area contributed by atoms with Gasteiger partial charge in [0.15, 0.2) is 0 Å². The van der Waals surface area contributed by atoms with Crippen LogP contribution in [-0.2, 0) is 0 Å². The number of nitrogens with zero attached hydrogens (tertiary/aromatic N) is 2. The fourth-order valence-electron chi connectivity index (χ4n) is 3.63. The molecule has 0 amide bonds. The van der Waals surface area contributed by atoms with Crippen LogP contribution >= 0.6 is 11.6 Å². The maximum Gasteiger partial charge on any atom is 0.0816 e. The lowest BCUT2D eigenvalue weighted by atomic mass is 9.99. The minimum absolute atomic E-state index is 0.455. The van der Waals surface area contributed by atoms with Crippen LogP contribution in [-0.4, -0.2) is 53.7 Å². The summed E-state index contributed by atoms with van der Waals surface area (Å²) in [6.07, 6.45) is 4.38. The highest BCUT2D eigenvalue weighted by molar-refractivity contribution is 6.31. The summed E-state index contributed by atoms with van der Waals surface area (Å²) < 4.78 is 0. The van der Waals surface area contributed by atoms with Crippen molar-refractivity contribution in [1.29, 1.82) is 0 Å². The lowest BCUT2D eigenvalue weighted by Gasteiger charge is -2.44. The van der Waals surface area contributed by atoms with Crippen LogP contribution in [0.5, 0.6) is 0 Å². The fraction of sp³-hybridized carbons (Fsp3) is 0.647. The Kier molecular flexibility index (Phi) is 5.17. The summed E-state index contributed by atoms with van der Waals surface area (Å²) in [5, 5.41) is 11.0. The first-order valence-corrected chi connectivity index (χ1v) is 8.51. The van der Waals surface area contributed by atoms with Gasteiger partial charge in [-0.25, -0.2) is 0 Å². The van der Waals surface area contributed by atoms with E-state index in [1.165, 1.54) is 32.4 Å². The van der Waals surface area contributed by atoms with Gasteiger partial charge in [0.2, 0.25) is 0 Å². The Morgan fingerprint density at radius 3 is 2.90 bits per heavy atom. The van der Waals surface area contributed by atoms with Gasteiger partial charge in [0.25, 0.3) is 0 Å². The second kappa shape index (κ2) is 7.10. The van der Waals surface area contributed by atoms with Crippen molar-refractivity contribution in [2.45, 2.75) is 37.8 Å². The van der Waals surface area contributed by atoms with Crippen LogP contribution in [0.25, 0.3) is 0 Å². The van der Waals surface area contributed by atoms with Crippen molar-refractivity contribution in [1.82, 2.24) is 9.80 Å². The maximum atomic E-state index is 10.3. The molecule has 0 aromatic heterocycles. The Balaban J connectivity index is 1.50. The van der Waals surface area contributed by atoms with Crippen LogP contribution in [0.3, 0.4) is 0 Å². The fourth-order valence-corrected chi connectivity index (χ4v) is 3.89. The van der Waals surface area contributed by atoms with Gasteiger partial charge in [-0.15, -0.1) is 0 Å². The minimum atomic E-state index is -0.455. The molecule has 0 bridgehead atoms. The van der Waals surface area contributed by atoms with Crippen LogP contribution in [0.15, 0.2) is 24.3 Å². The zero-order chi connectivity index (χ0) is 14.7. The summed E-state index contributed by atoms with van der Waals surface area (Å²) in [4.78, 5) is 5.15. The quantitative estimate of drug-likeness (QED) is 0.926. The number of piperidine rings is 1. The molecule has 21 heavy (non-hydrogen) atoms. The first-order valence-electron chi connectivity index (χ1n) is 8.13. The number of hydrogen-bond donors (Lipinski definition) is 1. The monoisotopic (exact) mass is 308 g/mol. The molecule has 4 heteroatoms. The molecule has 3 nitrogen and oxygen atoms in total. The van der Waals surface area contributed by atoms with Gasteiger partial charge in [-0.1, -0.05) is 36.2 Å². The minimum Gasteiger partial charge on any atom is -0.388 e. The van der Waals surface area contributed by atoms with Crippen molar-refractivity contribution in [3.63, 3.8) is 0 Å². The molecule has 2 atom stereocenters. The zero-order valence-electron chi connectivity index (χ0n) is 12.5. The molecule has 0 saturated carbocycles.